The molecule has 2 fully saturated rings. The van der Waals surface area contributed by atoms with Crippen LogP contribution in [-0.4, -0.2) is 93.1 Å². The Bertz CT molecular complexity index is 1810. The molecule has 4 aromatic rings. The molecule has 2 aliphatic heterocycles. The van der Waals surface area contributed by atoms with E-state index in [0.717, 1.165) is 71.0 Å². The zero-order valence-corrected chi connectivity index (χ0v) is 34.2. The molecule has 4 amide bonds. The fourth-order valence-electron chi connectivity index (χ4n) is 7.38. The monoisotopic (exact) mass is 810 g/mol. The number of carbonyl (C=O) groups excluding carboxylic acids is 4. The number of methoxy groups -OCH3 is 2. The Morgan fingerprint density at radius 3 is 1.29 bits per heavy atom. The number of alkyl carbamates (subject to hydrolysis) is 2. The minimum absolute atomic E-state index is 0. The maximum absolute atomic E-state index is 13.5. The van der Waals surface area contributed by atoms with Crippen molar-refractivity contribution in [2.24, 2.45) is 11.8 Å². The van der Waals surface area contributed by atoms with E-state index in [1.165, 1.54) is 14.2 Å². The molecule has 16 heteroatoms. The number of aromatic nitrogens is 4. The molecule has 14 nitrogen and oxygen atoms in total. The Morgan fingerprint density at radius 2 is 0.964 bits per heavy atom. The molecule has 2 saturated heterocycles. The zero-order chi connectivity index (χ0) is 38.5. The molecule has 4 heterocycles. The Balaban J connectivity index is 0.00000348. The summed E-state index contributed by atoms with van der Waals surface area (Å²) in [4.78, 5) is 70.7. The molecule has 0 radical (unpaired) electrons. The number of halogens is 2. The van der Waals surface area contributed by atoms with Gasteiger partial charge in [0.1, 0.15) is 23.7 Å². The van der Waals surface area contributed by atoms with Crippen LogP contribution < -0.4 is 10.6 Å². The number of ether oxygens (including phenoxy) is 2. The van der Waals surface area contributed by atoms with Crippen LogP contribution in [0.1, 0.15) is 77.1 Å². The normalized spacial score (nSPS) is 17.5. The van der Waals surface area contributed by atoms with E-state index in [1.807, 2.05) is 52.0 Å². The molecule has 0 aliphatic carbocycles. The zero-order valence-electron chi connectivity index (χ0n) is 32.5. The first-order valence-electron chi connectivity index (χ1n) is 18.6. The lowest BCUT2D eigenvalue weighted by atomic mass is 10.0. The van der Waals surface area contributed by atoms with E-state index in [2.05, 4.69) is 54.8 Å². The highest BCUT2D eigenvalue weighted by Crippen LogP contribution is 2.35. The lowest BCUT2D eigenvalue weighted by molar-refractivity contribution is -0.136. The van der Waals surface area contributed by atoms with Crippen LogP contribution >= 0.6 is 24.8 Å². The van der Waals surface area contributed by atoms with Gasteiger partial charge in [0, 0.05) is 13.1 Å². The SMILES string of the molecule is COC(=O)NC(C(=O)N1CCCC1c1ncc(-c2ccc(-c3ccc(-c4cnc([C@@H]5CCCN5C(=O)C(NC(=O)OC)C(C)C)[nH]4)cc3)cc2)[nH]1)C(C)C.Cl.Cl. The number of amides is 4. The van der Waals surface area contributed by atoms with Gasteiger partial charge in [-0.1, -0.05) is 76.2 Å². The Kier molecular flexibility index (Phi) is 14.9. The summed E-state index contributed by atoms with van der Waals surface area (Å²) < 4.78 is 9.50. The number of hydrogen-bond donors (Lipinski definition) is 4. The van der Waals surface area contributed by atoms with Crippen molar-refractivity contribution in [1.29, 1.82) is 0 Å². The molecule has 302 valence electrons. The number of carbonyl (C=O) groups is 4. The fraction of sp³-hybridized carbons (Fsp3) is 0.450. The molecule has 2 aromatic heterocycles. The summed E-state index contributed by atoms with van der Waals surface area (Å²) in [5.41, 5.74) is 5.78. The van der Waals surface area contributed by atoms with Crippen molar-refractivity contribution >= 4 is 48.8 Å². The Hall–Kier alpha value is -5.08. The average molecular weight is 812 g/mol. The van der Waals surface area contributed by atoms with E-state index >= 15 is 0 Å². The predicted octanol–water partition coefficient (Wildman–Crippen LogP) is 7.07. The van der Waals surface area contributed by atoms with E-state index < -0.39 is 24.3 Å². The largest absolute Gasteiger partial charge is 0.453 e. The van der Waals surface area contributed by atoms with Crippen molar-refractivity contribution in [3.63, 3.8) is 0 Å². The summed E-state index contributed by atoms with van der Waals surface area (Å²) in [6.45, 7) is 8.78. The van der Waals surface area contributed by atoms with Gasteiger partial charge in [0.15, 0.2) is 0 Å². The van der Waals surface area contributed by atoms with Crippen LogP contribution in [0, 0.1) is 11.8 Å². The van der Waals surface area contributed by atoms with E-state index in [9.17, 15) is 19.2 Å². The number of likely N-dealkylation sites (tertiary alicyclic amines) is 2. The van der Waals surface area contributed by atoms with Gasteiger partial charge in [0.25, 0.3) is 0 Å². The van der Waals surface area contributed by atoms with Gasteiger partial charge in [0.2, 0.25) is 11.8 Å². The predicted molar refractivity (Wildman–Crippen MR) is 217 cm³/mol. The van der Waals surface area contributed by atoms with Crippen LogP contribution in [0.2, 0.25) is 0 Å². The first-order chi connectivity index (χ1) is 26.0. The standard InChI is InChI=1S/C40H50N8O6.2ClH/c1-23(2)33(45-39(51)53-5)37(49)47-19-7-9-31(47)35-41-21-29(43-35)27-15-11-25(12-16-27)26-13-17-28(18-14-26)30-22-42-36(44-30)32-10-8-20-48(32)38(50)34(24(3)4)46-40(52)54-6;;/h11-18,21-24,31-34H,7-10,19-20H2,1-6H3,(H,41,43)(H,42,44)(H,45,51)(H,46,52);2*1H/t31-,32?,33?,34?;;/m0../s1. The molecule has 0 saturated carbocycles. The minimum atomic E-state index is -0.687. The number of nitrogens with one attached hydrogen (secondary N) is 4. The second-order valence-corrected chi connectivity index (χ2v) is 14.6. The van der Waals surface area contributed by atoms with Crippen LogP contribution in [0.5, 0.6) is 0 Å². The maximum atomic E-state index is 13.5. The summed E-state index contributed by atoms with van der Waals surface area (Å²) in [5.74, 6) is 0.955. The van der Waals surface area contributed by atoms with Crippen molar-refractivity contribution in [3.8, 4) is 33.6 Å². The van der Waals surface area contributed by atoms with Crippen molar-refractivity contribution < 1.29 is 28.7 Å². The van der Waals surface area contributed by atoms with E-state index in [4.69, 9.17) is 9.47 Å². The summed E-state index contributed by atoms with van der Waals surface area (Å²) >= 11 is 0. The molecular formula is C40H52Cl2N8O6. The summed E-state index contributed by atoms with van der Waals surface area (Å²) in [7, 11) is 2.58. The van der Waals surface area contributed by atoms with Crippen LogP contribution in [0.25, 0.3) is 33.6 Å². The second-order valence-electron chi connectivity index (χ2n) is 14.6. The second kappa shape index (κ2) is 19.2. The highest BCUT2D eigenvalue weighted by molar-refractivity contribution is 5.87. The van der Waals surface area contributed by atoms with Crippen molar-refractivity contribution in [1.82, 2.24) is 40.4 Å². The minimum Gasteiger partial charge on any atom is -0.453 e. The lowest BCUT2D eigenvalue weighted by Gasteiger charge is -2.30. The first-order valence-corrected chi connectivity index (χ1v) is 18.6. The van der Waals surface area contributed by atoms with Crippen molar-refractivity contribution in [3.05, 3.63) is 72.6 Å². The van der Waals surface area contributed by atoms with Crippen LogP contribution in [-0.2, 0) is 19.1 Å². The van der Waals surface area contributed by atoms with E-state index in [0.29, 0.717) is 13.1 Å². The van der Waals surface area contributed by atoms with Gasteiger partial charge in [-0.2, -0.15) is 0 Å². The van der Waals surface area contributed by atoms with Crippen molar-refractivity contribution in [2.45, 2.75) is 77.5 Å². The molecule has 0 bridgehead atoms. The lowest BCUT2D eigenvalue weighted by Crippen LogP contribution is -2.51. The molecule has 6 rings (SSSR count). The Morgan fingerprint density at radius 1 is 0.625 bits per heavy atom. The molecular weight excluding hydrogens is 759 g/mol. The van der Waals surface area contributed by atoms with Gasteiger partial charge >= 0.3 is 12.2 Å². The Labute approximate surface area is 339 Å². The van der Waals surface area contributed by atoms with Crippen molar-refractivity contribution in [2.75, 3.05) is 27.3 Å². The molecule has 4 atom stereocenters. The summed E-state index contributed by atoms with van der Waals surface area (Å²) in [5, 5.41) is 5.38. The van der Waals surface area contributed by atoms with Gasteiger partial charge in [-0.25, -0.2) is 19.6 Å². The maximum Gasteiger partial charge on any atom is 0.407 e. The molecule has 0 spiro atoms. The number of H-pyrrole nitrogens is 2. The molecule has 56 heavy (non-hydrogen) atoms. The highest BCUT2D eigenvalue weighted by atomic mass is 35.5. The van der Waals surface area contributed by atoms with Gasteiger partial charge in [0.05, 0.1) is 50.1 Å². The highest BCUT2D eigenvalue weighted by Gasteiger charge is 2.39. The van der Waals surface area contributed by atoms with Gasteiger partial charge in [-0.05, 0) is 59.8 Å². The van der Waals surface area contributed by atoms with Crippen LogP contribution in [0.3, 0.4) is 0 Å². The number of nitrogens with zero attached hydrogens (tertiary/aromatic N) is 4. The van der Waals surface area contributed by atoms with Gasteiger partial charge < -0.3 is 39.9 Å². The quantitative estimate of drug-likeness (QED) is 0.125. The van der Waals surface area contributed by atoms with Crippen LogP contribution in [0.15, 0.2) is 60.9 Å². The van der Waals surface area contributed by atoms with Gasteiger partial charge in [-0.15, -0.1) is 24.8 Å². The number of aromatic amines is 2. The topological polar surface area (TPSA) is 175 Å². The first kappa shape index (κ1) is 43.6. The third-order valence-corrected chi connectivity index (χ3v) is 10.4. The third-order valence-electron chi connectivity index (χ3n) is 10.4. The molecule has 2 aliphatic rings. The number of imidazole rings is 2. The molecule has 2 aromatic carbocycles. The number of hydrogen-bond acceptors (Lipinski definition) is 8. The van der Waals surface area contributed by atoms with Gasteiger partial charge in [-0.3, -0.25) is 9.59 Å². The van der Waals surface area contributed by atoms with E-state index in [1.54, 1.807) is 22.2 Å². The summed E-state index contributed by atoms with van der Waals surface area (Å²) in [6, 6.07) is 14.7. The average Bonchev–Trinajstić information content (AvgIpc) is 4.02. The number of rotatable bonds is 11. The molecule has 4 N–H and O–H groups in total. The van der Waals surface area contributed by atoms with E-state index in [-0.39, 0.29) is 60.5 Å². The summed E-state index contributed by atoms with van der Waals surface area (Å²) in [6.07, 6.45) is 5.61. The number of benzene rings is 2. The fourth-order valence-corrected chi connectivity index (χ4v) is 7.38. The molecule has 3 unspecified atom stereocenters. The smallest absolute Gasteiger partial charge is 0.407 e. The van der Waals surface area contributed by atoms with Crippen LogP contribution in [0.4, 0.5) is 9.59 Å². The third kappa shape index (κ3) is 9.47.